The van der Waals surface area contributed by atoms with Gasteiger partial charge in [0.2, 0.25) is 0 Å². The maximum atomic E-state index is 12.5. The van der Waals surface area contributed by atoms with Crippen molar-refractivity contribution >= 4 is 54.8 Å². The van der Waals surface area contributed by atoms with E-state index in [9.17, 15) is 4.79 Å². The zero-order valence-electron chi connectivity index (χ0n) is 10.5. The lowest BCUT2D eigenvalue weighted by molar-refractivity contribution is 0.0740. The number of thiophene rings is 1. The van der Waals surface area contributed by atoms with E-state index in [4.69, 9.17) is 5.73 Å². The predicted molar refractivity (Wildman–Crippen MR) is 89.0 cm³/mol. The number of anilines is 1. The van der Waals surface area contributed by atoms with Crippen molar-refractivity contribution in [3.05, 3.63) is 48.5 Å². The van der Waals surface area contributed by atoms with Gasteiger partial charge in [0.15, 0.2) is 0 Å². The minimum absolute atomic E-state index is 0.0651. The number of rotatable bonds is 1. The summed E-state index contributed by atoms with van der Waals surface area (Å²) in [5.74, 6) is 0.0651. The minimum atomic E-state index is 0.0651. The van der Waals surface area contributed by atoms with E-state index in [1.54, 1.807) is 0 Å². The molecule has 0 atom stereocenters. The van der Waals surface area contributed by atoms with Crippen molar-refractivity contribution in [2.75, 3.05) is 12.3 Å². The Morgan fingerprint density at radius 1 is 1.35 bits per heavy atom. The fourth-order valence-electron chi connectivity index (χ4n) is 2.39. The number of hydrogen-bond donors (Lipinski definition) is 1. The molecule has 20 heavy (non-hydrogen) atoms. The van der Waals surface area contributed by atoms with Gasteiger partial charge in [-0.2, -0.15) is 0 Å². The average Bonchev–Trinajstić information content (AvgIpc) is 2.78. The Morgan fingerprint density at radius 3 is 2.85 bits per heavy atom. The molecule has 0 radical (unpaired) electrons. The second-order valence-electron chi connectivity index (χ2n) is 4.69. The largest absolute Gasteiger partial charge is 0.398 e. The number of fused-ring (bicyclic) bond motifs is 1. The van der Waals surface area contributed by atoms with Crippen LogP contribution in [-0.4, -0.2) is 17.4 Å². The van der Waals surface area contributed by atoms with Crippen molar-refractivity contribution in [2.24, 2.45) is 0 Å². The Kier molecular flexibility index (Phi) is 3.88. The van der Waals surface area contributed by atoms with Gasteiger partial charge in [-0.1, -0.05) is 12.1 Å². The Bertz CT molecular complexity index is 664. The number of benzene rings is 1. The molecule has 1 aliphatic heterocycles. The molecule has 2 heterocycles. The summed E-state index contributed by atoms with van der Waals surface area (Å²) in [6.07, 6.45) is 0.861. The monoisotopic (exact) mass is 414 g/mol. The summed E-state index contributed by atoms with van der Waals surface area (Å²) in [7, 11) is 0. The molecule has 0 fully saturated rings. The van der Waals surface area contributed by atoms with Crippen LogP contribution < -0.4 is 5.73 Å². The molecule has 104 valence electrons. The summed E-state index contributed by atoms with van der Waals surface area (Å²) in [5.41, 5.74) is 9.13. The average molecular weight is 416 g/mol. The number of carbonyl (C=O) groups excluding carboxylic acids is 1. The molecule has 0 spiro atoms. The first kappa shape index (κ1) is 14.1. The van der Waals surface area contributed by atoms with Gasteiger partial charge >= 0.3 is 0 Å². The fourth-order valence-corrected chi connectivity index (χ4v) is 4.39. The second-order valence-corrected chi connectivity index (χ2v) is 7.92. The van der Waals surface area contributed by atoms with Gasteiger partial charge in [0.1, 0.15) is 0 Å². The van der Waals surface area contributed by atoms with E-state index < -0.39 is 0 Å². The number of carbonyl (C=O) groups is 1. The quantitative estimate of drug-likeness (QED) is 0.714. The van der Waals surface area contributed by atoms with Crippen molar-refractivity contribution < 1.29 is 4.79 Å². The second kappa shape index (κ2) is 5.50. The van der Waals surface area contributed by atoms with Crippen molar-refractivity contribution in [1.82, 2.24) is 4.90 Å². The number of nitrogen functional groups attached to an aromatic ring is 1. The van der Waals surface area contributed by atoms with Crippen LogP contribution in [0.4, 0.5) is 5.69 Å². The van der Waals surface area contributed by atoms with E-state index in [2.05, 4.69) is 37.9 Å². The molecule has 1 aliphatic rings. The maximum absolute atomic E-state index is 12.5. The Hall–Kier alpha value is -0.850. The molecule has 0 bridgehead atoms. The van der Waals surface area contributed by atoms with Crippen LogP contribution in [-0.2, 0) is 13.0 Å². The lowest BCUT2D eigenvalue weighted by Gasteiger charge is -2.29. The molecule has 0 aliphatic carbocycles. The molecule has 0 saturated carbocycles. The van der Waals surface area contributed by atoms with Crippen molar-refractivity contribution in [3.8, 4) is 0 Å². The van der Waals surface area contributed by atoms with Crippen LogP contribution in [0.1, 0.15) is 20.8 Å². The molecule has 6 heteroatoms. The van der Waals surface area contributed by atoms with Crippen LogP contribution in [0.5, 0.6) is 0 Å². The molecule has 2 N–H and O–H groups in total. The summed E-state index contributed by atoms with van der Waals surface area (Å²) in [4.78, 5) is 15.1. The van der Waals surface area contributed by atoms with E-state index in [1.807, 2.05) is 23.1 Å². The summed E-state index contributed by atoms with van der Waals surface area (Å²) < 4.78 is 1.86. The molecular weight excluding hydrogens is 404 g/mol. The molecule has 3 rings (SSSR count). The third kappa shape index (κ3) is 2.52. The van der Waals surface area contributed by atoms with Gasteiger partial charge in [-0.25, -0.2) is 0 Å². The standard InChI is InChI=1S/C14H12Br2N2OS/c15-10-6-12(20-13(10)16)14(19)18-5-4-8-2-1-3-11(17)9(8)7-18/h1-3,6H,4-5,7,17H2. The summed E-state index contributed by atoms with van der Waals surface area (Å²) in [6.45, 7) is 1.33. The van der Waals surface area contributed by atoms with Gasteiger partial charge in [-0.3, -0.25) is 4.79 Å². The highest BCUT2D eigenvalue weighted by molar-refractivity contribution is 9.13. The maximum Gasteiger partial charge on any atom is 0.264 e. The number of amides is 1. The van der Waals surface area contributed by atoms with E-state index in [0.717, 1.165) is 37.4 Å². The first-order valence-electron chi connectivity index (χ1n) is 6.16. The first-order chi connectivity index (χ1) is 9.56. The van der Waals surface area contributed by atoms with Gasteiger partial charge in [0, 0.05) is 23.2 Å². The lowest BCUT2D eigenvalue weighted by Crippen LogP contribution is -2.35. The molecule has 0 unspecified atom stereocenters. The van der Waals surface area contributed by atoms with Gasteiger partial charge < -0.3 is 10.6 Å². The van der Waals surface area contributed by atoms with E-state index in [0.29, 0.717) is 6.54 Å². The van der Waals surface area contributed by atoms with Crippen molar-refractivity contribution in [3.63, 3.8) is 0 Å². The molecule has 2 aromatic rings. The third-order valence-electron chi connectivity index (χ3n) is 3.45. The molecule has 0 saturated heterocycles. The fraction of sp³-hybridized carbons (Fsp3) is 0.214. The van der Waals surface area contributed by atoms with Crippen LogP contribution in [0.25, 0.3) is 0 Å². The normalized spacial score (nSPS) is 14.2. The van der Waals surface area contributed by atoms with Gasteiger partial charge in [0.05, 0.1) is 8.66 Å². The number of nitrogens with two attached hydrogens (primary N) is 1. The lowest BCUT2D eigenvalue weighted by atomic mass is 9.98. The highest BCUT2D eigenvalue weighted by atomic mass is 79.9. The molecule has 1 aromatic carbocycles. The summed E-state index contributed by atoms with van der Waals surface area (Å²) >= 11 is 8.29. The van der Waals surface area contributed by atoms with Crippen LogP contribution >= 0.6 is 43.2 Å². The Morgan fingerprint density at radius 2 is 2.15 bits per heavy atom. The SMILES string of the molecule is Nc1cccc2c1CN(C(=O)c1cc(Br)c(Br)s1)CC2. The predicted octanol–water partition coefficient (Wildman–Crippen LogP) is 4.05. The Labute approximate surface area is 138 Å². The highest BCUT2D eigenvalue weighted by Gasteiger charge is 2.24. The first-order valence-corrected chi connectivity index (χ1v) is 8.57. The van der Waals surface area contributed by atoms with Gasteiger partial charge in [-0.15, -0.1) is 11.3 Å². The number of nitrogens with zero attached hydrogens (tertiary/aromatic N) is 1. The van der Waals surface area contributed by atoms with Crippen LogP contribution in [0.3, 0.4) is 0 Å². The van der Waals surface area contributed by atoms with E-state index in [-0.39, 0.29) is 5.91 Å². The van der Waals surface area contributed by atoms with Gasteiger partial charge in [0.25, 0.3) is 5.91 Å². The minimum Gasteiger partial charge on any atom is -0.398 e. The van der Waals surface area contributed by atoms with E-state index in [1.165, 1.54) is 16.9 Å². The topological polar surface area (TPSA) is 46.3 Å². The van der Waals surface area contributed by atoms with E-state index >= 15 is 0 Å². The summed E-state index contributed by atoms with van der Waals surface area (Å²) in [6, 6.07) is 7.82. The van der Waals surface area contributed by atoms with Crippen LogP contribution in [0.15, 0.2) is 32.5 Å². The summed E-state index contributed by atoms with van der Waals surface area (Å²) in [5, 5.41) is 0. The van der Waals surface area contributed by atoms with Crippen molar-refractivity contribution in [2.45, 2.75) is 13.0 Å². The molecular formula is C14H12Br2N2OS. The molecule has 1 amide bonds. The van der Waals surface area contributed by atoms with Gasteiger partial charge in [-0.05, 0) is 61.5 Å². The van der Waals surface area contributed by atoms with Crippen LogP contribution in [0.2, 0.25) is 0 Å². The molecule has 1 aromatic heterocycles. The van der Waals surface area contributed by atoms with Crippen LogP contribution in [0, 0.1) is 0 Å². The number of hydrogen-bond acceptors (Lipinski definition) is 3. The Balaban J connectivity index is 1.86. The smallest absolute Gasteiger partial charge is 0.264 e. The number of halogens is 2. The zero-order valence-corrected chi connectivity index (χ0v) is 14.5. The zero-order chi connectivity index (χ0) is 14.3. The molecule has 3 nitrogen and oxygen atoms in total. The highest BCUT2D eigenvalue weighted by Crippen LogP contribution is 2.34. The van der Waals surface area contributed by atoms with Crippen molar-refractivity contribution in [1.29, 1.82) is 0 Å². The third-order valence-corrected chi connectivity index (χ3v) is 6.70.